The molecule has 1 amide bonds. The molecule has 0 bridgehead atoms. The van der Waals surface area contributed by atoms with E-state index < -0.39 is 0 Å². The number of H-pyrrole nitrogens is 1. The predicted octanol–water partition coefficient (Wildman–Crippen LogP) is 3.43. The molecule has 0 aliphatic carbocycles. The Morgan fingerprint density at radius 1 is 1.13 bits per heavy atom. The number of anilines is 1. The lowest BCUT2D eigenvalue weighted by atomic mass is 10.1. The lowest BCUT2D eigenvalue weighted by molar-refractivity contribution is -0.115. The first-order valence-electron chi connectivity index (χ1n) is 7.21. The monoisotopic (exact) mass is 324 g/mol. The third-order valence-corrected chi connectivity index (χ3v) is 4.36. The molecule has 0 aliphatic heterocycles. The van der Waals surface area contributed by atoms with E-state index in [1.54, 1.807) is 17.8 Å². The molecule has 0 saturated heterocycles. The highest BCUT2D eigenvalue weighted by Crippen LogP contribution is 2.24. The minimum absolute atomic E-state index is 0.0445. The maximum absolute atomic E-state index is 12.3. The molecule has 0 spiro atoms. The first-order valence-corrected chi connectivity index (χ1v) is 8.43. The van der Waals surface area contributed by atoms with E-state index in [2.05, 4.69) is 10.3 Å². The van der Waals surface area contributed by atoms with E-state index in [4.69, 9.17) is 0 Å². The van der Waals surface area contributed by atoms with Crippen LogP contribution in [0.5, 0.6) is 0 Å². The minimum Gasteiger partial charge on any atom is -0.325 e. The van der Waals surface area contributed by atoms with Crippen LogP contribution in [0.3, 0.4) is 0 Å². The molecule has 0 radical (unpaired) electrons. The first kappa shape index (κ1) is 15.4. The number of para-hydroxylation sites is 2. The van der Waals surface area contributed by atoms with Gasteiger partial charge < -0.3 is 10.3 Å². The number of rotatable bonds is 4. The van der Waals surface area contributed by atoms with Gasteiger partial charge in [-0.05, 0) is 35.9 Å². The first-order chi connectivity index (χ1) is 11.2. The van der Waals surface area contributed by atoms with Crippen molar-refractivity contribution in [2.75, 3.05) is 11.6 Å². The topological polar surface area (TPSA) is 62.0 Å². The van der Waals surface area contributed by atoms with E-state index >= 15 is 0 Å². The molecule has 0 saturated carbocycles. The molecule has 0 fully saturated rings. The van der Waals surface area contributed by atoms with Crippen LogP contribution in [-0.4, -0.2) is 17.1 Å². The maximum Gasteiger partial charge on any atom is 0.252 e. The zero-order valence-electron chi connectivity index (χ0n) is 12.6. The van der Waals surface area contributed by atoms with E-state index in [9.17, 15) is 9.59 Å². The third kappa shape index (κ3) is 3.46. The number of carbonyl (C=O) groups is 1. The van der Waals surface area contributed by atoms with Gasteiger partial charge in [-0.1, -0.05) is 30.3 Å². The second-order valence-corrected chi connectivity index (χ2v) is 5.98. The van der Waals surface area contributed by atoms with E-state index in [1.807, 2.05) is 54.8 Å². The molecule has 0 atom stereocenters. The average Bonchev–Trinajstić information content (AvgIpc) is 2.56. The molecule has 1 heterocycles. The van der Waals surface area contributed by atoms with Crippen LogP contribution in [0.4, 0.5) is 5.69 Å². The molecule has 23 heavy (non-hydrogen) atoms. The molecule has 0 unspecified atom stereocenters. The number of pyridine rings is 1. The summed E-state index contributed by atoms with van der Waals surface area (Å²) in [6.45, 7) is 0. The standard InChI is InChI=1S/C18H16N2O2S/c1-23-16-9-5-4-8-15(16)19-17(21)11-13-10-12-6-2-3-7-14(12)20-18(13)22/h2-10H,11H2,1H3,(H,19,21)(H,20,22). The highest BCUT2D eigenvalue weighted by atomic mass is 32.2. The average molecular weight is 324 g/mol. The molecular weight excluding hydrogens is 308 g/mol. The van der Waals surface area contributed by atoms with E-state index in [-0.39, 0.29) is 17.9 Å². The van der Waals surface area contributed by atoms with Gasteiger partial charge in [0, 0.05) is 16.0 Å². The maximum atomic E-state index is 12.3. The zero-order valence-corrected chi connectivity index (χ0v) is 13.4. The Bertz CT molecular complexity index is 918. The van der Waals surface area contributed by atoms with Crippen molar-refractivity contribution in [3.63, 3.8) is 0 Å². The smallest absolute Gasteiger partial charge is 0.252 e. The van der Waals surface area contributed by atoms with E-state index in [0.717, 1.165) is 21.5 Å². The number of carbonyl (C=O) groups excluding carboxylic acids is 1. The quantitative estimate of drug-likeness (QED) is 0.723. The summed E-state index contributed by atoms with van der Waals surface area (Å²) in [5.41, 5.74) is 1.77. The molecule has 2 aromatic carbocycles. The Kier molecular flexibility index (Phi) is 4.48. The number of aromatic amines is 1. The van der Waals surface area contributed by atoms with Gasteiger partial charge in [0.2, 0.25) is 5.91 Å². The van der Waals surface area contributed by atoms with Gasteiger partial charge in [0.05, 0.1) is 12.1 Å². The molecule has 3 aromatic rings. The third-order valence-electron chi connectivity index (χ3n) is 3.56. The van der Waals surface area contributed by atoms with Crippen molar-refractivity contribution in [1.29, 1.82) is 0 Å². The van der Waals surface area contributed by atoms with Crippen molar-refractivity contribution in [3.8, 4) is 0 Å². The number of aromatic nitrogens is 1. The summed E-state index contributed by atoms with van der Waals surface area (Å²) in [5, 5.41) is 3.79. The predicted molar refractivity (Wildman–Crippen MR) is 95.1 cm³/mol. The van der Waals surface area contributed by atoms with Crippen molar-refractivity contribution in [2.45, 2.75) is 11.3 Å². The Morgan fingerprint density at radius 3 is 2.70 bits per heavy atom. The van der Waals surface area contributed by atoms with Gasteiger partial charge >= 0.3 is 0 Å². The summed E-state index contributed by atoms with van der Waals surface area (Å²) in [4.78, 5) is 28.2. The summed E-state index contributed by atoms with van der Waals surface area (Å²) in [6, 6.07) is 16.9. The Balaban J connectivity index is 1.83. The number of hydrogen-bond donors (Lipinski definition) is 2. The van der Waals surface area contributed by atoms with Crippen LogP contribution in [0.25, 0.3) is 10.9 Å². The number of fused-ring (bicyclic) bond motifs is 1. The zero-order chi connectivity index (χ0) is 16.2. The number of benzene rings is 2. The highest BCUT2D eigenvalue weighted by Gasteiger charge is 2.10. The van der Waals surface area contributed by atoms with Gasteiger partial charge in [-0.3, -0.25) is 9.59 Å². The number of thioether (sulfide) groups is 1. The number of amides is 1. The largest absolute Gasteiger partial charge is 0.325 e. The number of hydrogen-bond acceptors (Lipinski definition) is 3. The Labute approximate surface area is 137 Å². The highest BCUT2D eigenvalue weighted by molar-refractivity contribution is 7.98. The van der Waals surface area contributed by atoms with Gasteiger partial charge in [0.25, 0.3) is 5.56 Å². The van der Waals surface area contributed by atoms with Gasteiger partial charge in [0.1, 0.15) is 0 Å². The van der Waals surface area contributed by atoms with E-state index in [1.165, 1.54) is 0 Å². The lowest BCUT2D eigenvalue weighted by Gasteiger charge is -2.09. The molecule has 2 N–H and O–H groups in total. The Hall–Kier alpha value is -2.53. The van der Waals surface area contributed by atoms with Crippen LogP contribution in [-0.2, 0) is 11.2 Å². The van der Waals surface area contributed by atoms with Crippen LogP contribution in [0.1, 0.15) is 5.56 Å². The SMILES string of the molecule is CSc1ccccc1NC(=O)Cc1cc2ccccc2[nH]c1=O. The molecular formula is C18H16N2O2S. The van der Waals surface area contributed by atoms with Crippen molar-refractivity contribution >= 4 is 34.3 Å². The molecule has 3 rings (SSSR count). The van der Waals surface area contributed by atoms with Crippen molar-refractivity contribution in [2.24, 2.45) is 0 Å². The van der Waals surface area contributed by atoms with Crippen molar-refractivity contribution in [1.82, 2.24) is 4.98 Å². The second-order valence-electron chi connectivity index (χ2n) is 5.14. The Morgan fingerprint density at radius 2 is 1.87 bits per heavy atom. The molecule has 5 heteroatoms. The van der Waals surface area contributed by atoms with Crippen molar-refractivity contribution < 1.29 is 4.79 Å². The van der Waals surface area contributed by atoms with Gasteiger partial charge in [-0.2, -0.15) is 0 Å². The minimum atomic E-state index is -0.225. The molecule has 116 valence electrons. The normalized spacial score (nSPS) is 10.7. The summed E-state index contributed by atoms with van der Waals surface area (Å²) in [5.74, 6) is -0.202. The summed E-state index contributed by atoms with van der Waals surface area (Å²) < 4.78 is 0. The fourth-order valence-electron chi connectivity index (χ4n) is 2.44. The van der Waals surface area contributed by atoms with E-state index in [0.29, 0.717) is 5.56 Å². The summed E-state index contributed by atoms with van der Waals surface area (Å²) in [6.07, 6.45) is 2.00. The molecule has 1 aromatic heterocycles. The van der Waals surface area contributed by atoms with Crippen molar-refractivity contribution in [3.05, 3.63) is 70.5 Å². The molecule has 0 aliphatic rings. The number of nitrogens with one attached hydrogen (secondary N) is 2. The second kappa shape index (κ2) is 6.71. The van der Waals surface area contributed by atoms with Gasteiger partial charge in [-0.25, -0.2) is 0 Å². The lowest BCUT2D eigenvalue weighted by Crippen LogP contribution is -2.21. The molecule has 4 nitrogen and oxygen atoms in total. The van der Waals surface area contributed by atoms with Crippen LogP contribution in [0, 0.1) is 0 Å². The summed E-state index contributed by atoms with van der Waals surface area (Å²) >= 11 is 1.57. The van der Waals surface area contributed by atoms with Crippen LogP contribution in [0.15, 0.2) is 64.3 Å². The van der Waals surface area contributed by atoms with Crippen LogP contribution >= 0.6 is 11.8 Å². The fraction of sp³-hybridized carbons (Fsp3) is 0.111. The van der Waals surface area contributed by atoms with Gasteiger partial charge in [-0.15, -0.1) is 11.8 Å². The fourth-order valence-corrected chi connectivity index (χ4v) is 2.99. The van der Waals surface area contributed by atoms with Gasteiger partial charge in [0.15, 0.2) is 0 Å². The van der Waals surface area contributed by atoms with Crippen LogP contribution in [0.2, 0.25) is 0 Å². The summed E-state index contributed by atoms with van der Waals surface area (Å²) in [7, 11) is 0. The van der Waals surface area contributed by atoms with Crippen LogP contribution < -0.4 is 10.9 Å².